The van der Waals surface area contributed by atoms with E-state index >= 15 is 0 Å². The van der Waals surface area contributed by atoms with Gasteiger partial charge < -0.3 is 15.1 Å². The van der Waals surface area contributed by atoms with Gasteiger partial charge in [0.2, 0.25) is 0 Å². The van der Waals surface area contributed by atoms with Crippen LogP contribution in [0.2, 0.25) is 10.0 Å². The number of piperidine rings is 1. The number of aromatic nitrogens is 1. The molecule has 1 aliphatic heterocycles. The predicted octanol–water partition coefficient (Wildman–Crippen LogP) is 6.25. The molecule has 0 bridgehead atoms. The molecule has 2 heterocycles. The van der Waals surface area contributed by atoms with Gasteiger partial charge in [0.25, 0.3) is 5.91 Å². The monoisotopic (exact) mass is 549 g/mol. The zero-order chi connectivity index (χ0) is 27.1. The molecule has 1 N–H and O–H groups in total. The Morgan fingerprint density at radius 1 is 1.16 bits per heavy atom. The molecule has 0 spiro atoms. The molecule has 198 valence electrons. The van der Waals surface area contributed by atoms with Crippen LogP contribution in [-0.4, -0.2) is 47.5 Å². The van der Waals surface area contributed by atoms with E-state index in [1.807, 2.05) is 12.1 Å². The van der Waals surface area contributed by atoms with E-state index in [0.29, 0.717) is 24.2 Å². The average Bonchev–Trinajstić information content (AvgIpc) is 2.92. The van der Waals surface area contributed by atoms with Crippen LogP contribution in [0.5, 0.6) is 0 Å². The Hall–Kier alpha value is -3.11. The fourth-order valence-electron chi connectivity index (χ4n) is 5.10. The first kappa shape index (κ1) is 27.9. The molecular formula is C30H33Cl2N5O. The van der Waals surface area contributed by atoms with Gasteiger partial charge >= 0.3 is 0 Å². The Balaban J connectivity index is 1.34. The lowest BCUT2D eigenvalue weighted by atomic mass is 9.99. The van der Waals surface area contributed by atoms with Crippen molar-refractivity contribution in [2.75, 3.05) is 24.5 Å². The number of nitrogens with zero attached hydrogens (tertiary/aromatic N) is 4. The number of pyridine rings is 1. The van der Waals surface area contributed by atoms with E-state index in [9.17, 15) is 10.1 Å². The van der Waals surface area contributed by atoms with E-state index in [4.69, 9.17) is 23.2 Å². The van der Waals surface area contributed by atoms with Crippen LogP contribution in [0.3, 0.4) is 0 Å². The smallest absolute Gasteiger partial charge is 0.254 e. The first-order valence-electron chi connectivity index (χ1n) is 13.0. The number of hydrogen-bond donors (Lipinski definition) is 1. The number of halogens is 2. The second-order valence-electron chi connectivity index (χ2n) is 9.91. The largest absolute Gasteiger partial charge is 0.364 e. The Bertz CT molecular complexity index is 1260. The third-order valence-electron chi connectivity index (χ3n) is 7.25. The van der Waals surface area contributed by atoms with Crippen molar-refractivity contribution >= 4 is 34.8 Å². The molecule has 1 unspecified atom stereocenters. The van der Waals surface area contributed by atoms with Crippen LogP contribution in [0.4, 0.5) is 5.69 Å². The molecule has 8 heteroatoms. The summed E-state index contributed by atoms with van der Waals surface area (Å²) >= 11 is 12.2. The molecule has 1 fully saturated rings. The third kappa shape index (κ3) is 7.05. The van der Waals surface area contributed by atoms with Crippen LogP contribution in [0.15, 0.2) is 60.9 Å². The summed E-state index contributed by atoms with van der Waals surface area (Å²) < 4.78 is 0. The summed E-state index contributed by atoms with van der Waals surface area (Å²) in [5, 5.41) is 12.7. The predicted molar refractivity (Wildman–Crippen MR) is 154 cm³/mol. The minimum absolute atomic E-state index is 0.252. The number of likely N-dealkylation sites (tertiary alicyclic amines) is 1. The fourth-order valence-corrected chi connectivity index (χ4v) is 5.63. The first-order valence-corrected chi connectivity index (χ1v) is 13.7. The molecule has 4 rings (SSSR count). The van der Waals surface area contributed by atoms with Gasteiger partial charge in [-0.05, 0) is 62.9 Å². The van der Waals surface area contributed by atoms with Crippen LogP contribution in [0.1, 0.15) is 53.2 Å². The topological polar surface area (TPSA) is 72.3 Å². The van der Waals surface area contributed by atoms with Crippen molar-refractivity contribution in [2.45, 2.75) is 51.7 Å². The number of rotatable bonds is 9. The first-order chi connectivity index (χ1) is 18.4. The van der Waals surface area contributed by atoms with Crippen molar-refractivity contribution in [3.8, 4) is 6.07 Å². The molecule has 1 aromatic heterocycles. The van der Waals surface area contributed by atoms with Gasteiger partial charge in [-0.15, -0.1) is 0 Å². The number of nitriles is 1. The highest BCUT2D eigenvalue weighted by Crippen LogP contribution is 2.28. The fraction of sp³-hybridized carbons (Fsp3) is 0.367. The minimum Gasteiger partial charge on any atom is -0.364 e. The van der Waals surface area contributed by atoms with Gasteiger partial charge in [0.15, 0.2) is 0 Å². The summed E-state index contributed by atoms with van der Waals surface area (Å²) in [4.78, 5) is 21.5. The van der Waals surface area contributed by atoms with Gasteiger partial charge in [0.05, 0.1) is 27.2 Å². The lowest BCUT2D eigenvalue weighted by molar-refractivity contribution is 0.0945. The second-order valence-corrected chi connectivity index (χ2v) is 10.7. The van der Waals surface area contributed by atoms with Crippen molar-refractivity contribution in [3.63, 3.8) is 0 Å². The van der Waals surface area contributed by atoms with Gasteiger partial charge in [-0.3, -0.25) is 9.78 Å². The number of hydrogen-bond acceptors (Lipinski definition) is 5. The van der Waals surface area contributed by atoms with E-state index in [1.165, 1.54) is 23.5 Å². The van der Waals surface area contributed by atoms with Gasteiger partial charge in [0, 0.05) is 56.3 Å². The Morgan fingerprint density at radius 2 is 1.84 bits per heavy atom. The Morgan fingerprint density at radius 3 is 2.47 bits per heavy atom. The standard InChI is InChI=1S/C30H33Cl2N5O/c1-21-4-3-5-24(16-21)20-37(25-8-6-23(17-33)7-9-25)26-11-14-36(15-12-26)22(2)10-13-35-30(38)29-27(31)18-34-19-28(29)32/h3-9,16,18-19,22,26H,10-15,20H2,1-2H3,(H,35,38). The van der Waals surface area contributed by atoms with Gasteiger partial charge in [-0.1, -0.05) is 53.0 Å². The number of benzene rings is 2. The van der Waals surface area contributed by atoms with Crippen molar-refractivity contribution in [3.05, 3.63) is 93.2 Å². The summed E-state index contributed by atoms with van der Waals surface area (Å²) in [6.07, 6.45) is 5.78. The molecule has 2 aromatic carbocycles. The average molecular weight is 551 g/mol. The SMILES string of the molecule is Cc1cccc(CN(c2ccc(C#N)cc2)C2CCN(C(C)CCNC(=O)c3c(Cl)cncc3Cl)CC2)c1. The van der Waals surface area contributed by atoms with Crippen molar-refractivity contribution in [2.24, 2.45) is 0 Å². The molecular weight excluding hydrogens is 517 g/mol. The number of carbonyl (C=O) groups excluding carboxylic acids is 1. The van der Waals surface area contributed by atoms with E-state index in [1.54, 1.807) is 0 Å². The summed E-state index contributed by atoms with van der Waals surface area (Å²) in [5.74, 6) is -0.275. The van der Waals surface area contributed by atoms with Crippen LogP contribution in [0, 0.1) is 18.3 Å². The van der Waals surface area contributed by atoms with E-state index in [2.05, 4.69) is 76.4 Å². The van der Waals surface area contributed by atoms with E-state index in [0.717, 1.165) is 44.6 Å². The molecule has 38 heavy (non-hydrogen) atoms. The van der Waals surface area contributed by atoms with Gasteiger partial charge in [0.1, 0.15) is 0 Å². The highest BCUT2D eigenvalue weighted by atomic mass is 35.5. The van der Waals surface area contributed by atoms with Crippen LogP contribution in [-0.2, 0) is 6.54 Å². The summed E-state index contributed by atoms with van der Waals surface area (Å²) in [7, 11) is 0. The molecule has 0 radical (unpaired) electrons. The van der Waals surface area contributed by atoms with Crippen molar-refractivity contribution in [1.82, 2.24) is 15.2 Å². The molecule has 0 aliphatic carbocycles. The lowest BCUT2D eigenvalue weighted by Gasteiger charge is -2.42. The Labute approximate surface area is 235 Å². The third-order valence-corrected chi connectivity index (χ3v) is 7.83. The zero-order valence-electron chi connectivity index (χ0n) is 21.8. The van der Waals surface area contributed by atoms with Gasteiger partial charge in [-0.25, -0.2) is 0 Å². The summed E-state index contributed by atoms with van der Waals surface area (Å²) in [6.45, 7) is 7.69. The normalized spacial score (nSPS) is 15.0. The number of aryl methyl sites for hydroxylation is 1. The zero-order valence-corrected chi connectivity index (χ0v) is 23.3. The number of nitrogens with one attached hydrogen (secondary N) is 1. The molecule has 1 aliphatic rings. The summed E-state index contributed by atoms with van der Waals surface area (Å²) in [5.41, 5.74) is 4.64. The second kappa shape index (κ2) is 13.1. The quantitative estimate of drug-likeness (QED) is 0.341. The lowest BCUT2D eigenvalue weighted by Crippen LogP contribution is -2.48. The highest BCUT2D eigenvalue weighted by Gasteiger charge is 2.27. The minimum atomic E-state index is -0.275. The summed E-state index contributed by atoms with van der Waals surface area (Å²) in [6, 6.07) is 19.5. The maximum Gasteiger partial charge on any atom is 0.254 e. The van der Waals surface area contributed by atoms with Crippen LogP contribution >= 0.6 is 23.2 Å². The molecule has 1 atom stereocenters. The van der Waals surface area contributed by atoms with E-state index in [-0.39, 0.29) is 21.5 Å². The maximum atomic E-state index is 12.6. The van der Waals surface area contributed by atoms with Crippen LogP contribution < -0.4 is 10.2 Å². The number of anilines is 1. The maximum absolute atomic E-state index is 12.6. The molecule has 0 saturated carbocycles. The molecule has 1 saturated heterocycles. The van der Waals surface area contributed by atoms with Crippen molar-refractivity contribution < 1.29 is 4.79 Å². The van der Waals surface area contributed by atoms with Crippen molar-refractivity contribution in [1.29, 1.82) is 5.26 Å². The van der Waals surface area contributed by atoms with E-state index < -0.39 is 0 Å². The Kier molecular flexibility index (Phi) is 9.63. The van der Waals surface area contributed by atoms with Gasteiger partial charge in [-0.2, -0.15) is 5.26 Å². The molecule has 6 nitrogen and oxygen atoms in total. The number of carbonyl (C=O) groups is 1. The molecule has 3 aromatic rings. The number of amides is 1. The molecule has 1 amide bonds. The van der Waals surface area contributed by atoms with Crippen LogP contribution in [0.25, 0.3) is 0 Å². The highest BCUT2D eigenvalue weighted by molar-refractivity contribution is 6.39.